The van der Waals surface area contributed by atoms with Crippen molar-refractivity contribution in [2.45, 2.75) is 75.7 Å². The van der Waals surface area contributed by atoms with Crippen molar-refractivity contribution < 1.29 is 17.9 Å². The molecule has 1 unspecified atom stereocenters. The Hall–Kier alpha value is -3.43. The second kappa shape index (κ2) is 10.3. The second-order valence-electron chi connectivity index (χ2n) is 13.6. The molecule has 4 fully saturated rings. The number of nitrogens with zero attached hydrogens (tertiary/aromatic N) is 4. The van der Waals surface area contributed by atoms with Crippen LogP contribution in [0, 0.1) is 11.6 Å². The Labute approximate surface area is 255 Å². The molecule has 2 bridgehead atoms. The quantitative estimate of drug-likeness (QED) is 0.270. The number of aryl methyl sites for hydroxylation is 1. The number of aromatic nitrogens is 2. The number of hydrogen-bond acceptors (Lipinski definition) is 6. The first-order valence-corrected chi connectivity index (χ1v) is 16.0. The summed E-state index contributed by atoms with van der Waals surface area (Å²) in [5, 5.41) is 5.80. The predicted molar refractivity (Wildman–Crippen MR) is 167 cm³/mol. The van der Waals surface area contributed by atoms with Crippen molar-refractivity contribution in [3.05, 3.63) is 59.7 Å². The summed E-state index contributed by atoms with van der Waals surface area (Å²) in [7, 11) is 0. The number of ether oxygens (including phenoxy) is 1. The standard InChI is InChI=1S/C35H38F3N5O/c1-3-21-7-4-8-22-9-5-10-25(28(21)22)29-27(37)15-26-31(30(29)38)39-33(44-20-35-12-6-14-43(35)17-23(36)16-35)40-32(26)42-18-24-11-13-34(2,19-42)41-24/h4-5,7-10,15,23-24,41H,3,6,11-14,16-20H2,1-2H3/t23-,24?,34+,35+/m1/s1. The second-order valence-corrected chi connectivity index (χ2v) is 13.6. The lowest BCUT2D eigenvalue weighted by molar-refractivity contribution is 0.107. The molecule has 6 nitrogen and oxygen atoms in total. The highest BCUT2D eigenvalue weighted by Gasteiger charge is 2.49. The number of halogens is 3. The van der Waals surface area contributed by atoms with Gasteiger partial charge in [-0.1, -0.05) is 43.3 Å². The normalized spacial score (nSPS) is 28.3. The summed E-state index contributed by atoms with van der Waals surface area (Å²) in [4.78, 5) is 13.7. The van der Waals surface area contributed by atoms with E-state index in [1.165, 1.54) is 6.07 Å². The zero-order chi connectivity index (χ0) is 30.2. The van der Waals surface area contributed by atoms with E-state index in [1.54, 1.807) is 6.07 Å². The molecule has 230 valence electrons. The van der Waals surface area contributed by atoms with Crippen LogP contribution in [0.2, 0.25) is 0 Å². The van der Waals surface area contributed by atoms with Crippen LogP contribution in [0.25, 0.3) is 32.8 Å². The molecule has 3 aromatic carbocycles. The first-order chi connectivity index (χ1) is 21.3. The monoisotopic (exact) mass is 601 g/mol. The number of anilines is 1. The van der Waals surface area contributed by atoms with Gasteiger partial charge in [0.15, 0.2) is 5.82 Å². The number of piperazine rings is 1. The molecule has 4 aliphatic heterocycles. The summed E-state index contributed by atoms with van der Waals surface area (Å²) in [5.74, 6) is -0.880. The van der Waals surface area contributed by atoms with E-state index in [0.29, 0.717) is 42.8 Å². The average molecular weight is 602 g/mol. The van der Waals surface area contributed by atoms with E-state index < -0.39 is 23.3 Å². The highest BCUT2D eigenvalue weighted by Crippen LogP contribution is 2.43. The van der Waals surface area contributed by atoms with Gasteiger partial charge in [-0.25, -0.2) is 13.2 Å². The molecule has 4 aliphatic rings. The zero-order valence-electron chi connectivity index (χ0n) is 25.3. The molecule has 9 heteroatoms. The molecule has 1 N–H and O–H groups in total. The van der Waals surface area contributed by atoms with Gasteiger partial charge in [0.1, 0.15) is 29.9 Å². The highest BCUT2D eigenvalue weighted by atomic mass is 19.1. The third kappa shape index (κ3) is 4.45. The fourth-order valence-electron chi connectivity index (χ4n) is 8.59. The molecule has 0 amide bonds. The number of hydrogen-bond donors (Lipinski definition) is 1. The maximum atomic E-state index is 16.9. The third-order valence-corrected chi connectivity index (χ3v) is 10.6. The Balaban J connectivity index is 1.28. The van der Waals surface area contributed by atoms with Gasteiger partial charge in [0.05, 0.1) is 11.1 Å². The van der Waals surface area contributed by atoms with E-state index >= 15 is 8.78 Å². The summed E-state index contributed by atoms with van der Waals surface area (Å²) in [6.07, 6.45) is 4.15. The Morgan fingerprint density at radius 2 is 1.93 bits per heavy atom. The fourth-order valence-corrected chi connectivity index (χ4v) is 8.59. The lowest BCUT2D eigenvalue weighted by Crippen LogP contribution is -2.58. The van der Waals surface area contributed by atoms with Crippen molar-refractivity contribution in [3.8, 4) is 17.1 Å². The molecule has 4 saturated heterocycles. The summed E-state index contributed by atoms with van der Waals surface area (Å²) in [6.45, 7) is 7.06. The Bertz CT molecular complexity index is 1780. The molecule has 44 heavy (non-hydrogen) atoms. The Morgan fingerprint density at radius 3 is 2.75 bits per heavy atom. The minimum atomic E-state index is -0.888. The predicted octanol–water partition coefficient (Wildman–Crippen LogP) is 6.58. The van der Waals surface area contributed by atoms with Crippen LogP contribution in [0.15, 0.2) is 42.5 Å². The highest BCUT2D eigenvalue weighted by molar-refractivity contribution is 6.02. The minimum absolute atomic E-state index is 0.0407. The van der Waals surface area contributed by atoms with Crippen LogP contribution < -0.4 is 15.0 Å². The number of nitrogens with one attached hydrogen (secondary N) is 1. The molecule has 0 aliphatic carbocycles. The number of alkyl halides is 1. The number of fused-ring (bicyclic) bond motifs is 5. The van der Waals surface area contributed by atoms with Gasteiger partial charge in [-0.3, -0.25) is 4.90 Å². The van der Waals surface area contributed by atoms with Gasteiger partial charge in [0, 0.05) is 43.0 Å². The molecule has 4 aromatic rings. The van der Waals surface area contributed by atoms with Crippen LogP contribution >= 0.6 is 0 Å². The molecule has 0 spiro atoms. The van der Waals surface area contributed by atoms with Crippen molar-refractivity contribution in [1.82, 2.24) is 20.2 Å². The molecular formula is C35H38F3N5O. The third-order valence-electron chi connectivity index (χ3n) is 10.6. The maximum absolute atomic E-state index is 16.9. The van der Waals surface area contributed by atoms with E-state index in [2.05, 4.69) is 27.0 Å². The van der Waals surface area contributed by atoms with Crippen molar-refractivity contribution in [1.29, 1.82) is 0 Å². The van der Waals surface area contributed by atoms with Crippen molar-refractivity contribution in [2.24, 2.45) is 0 Å². The van der Waals surface area contributed by atoms with Crippen LogP contribution in [0.5, 0.6) is 6.01 Å². The first-order valence-electron chi connectivity index (χ1n) is 16.0. The summed E-state index contributed by atoms with van der Waals surface area (Å²) >= 11 is 0. The zero-order valence-corrected chi connectivity index (χ0v) is 25.3. The smallest absolute Gasteiger partial charge is 0.319 e. The molecule has 5 heterocycles. The minimum Gasteiger partial charge on any atom is -0.461 e. The van der Waals surface area contributed by atoms with Gasteiger partial charge in [0.25, 0.3) is 0 Å². The number of rotatable bonds is 6. The summed E-state index contributed by atoms with van der Waals surface area (Å²) in [5.41, 5.74) is 0.972. The molecular weight excluding hydrogens is 563 g/mol. The van der Waals surface area contributed by atoms with E-state index in [-0.39, 0.29) is 35.3 Å². The number of benzene rings is 3. The summed E-state index contributed by atoms with van der Waals surface area (Å²) < 4.78 is 53.9. The van der Waals surface area contributed by atoms with Gasteiger partial charge in [-0.05, 0) is 73.5 Å². The SMILES string of the molecule is CCc1cccc2cccc(-c3c(F)cc4c(N5CC6CC[C@@](C)(C5)N6)nc(OC[C@@]56CCCN5C[C@H](F)C6)nc4c3F)c12. The molecule has 1 aromatic heterocycles. The largest absolute Gasteiger partial charge is 0.461 e. The van der Waals surface area contributed by atoms with Crippen LogP contribution in [0.1, 0.15) is 51.5 Å². The molecule has 8 rings (SSSR count). The maximum Gasteiger partial charge on any atom is 0.319 e. The molecule has 0 saturated carbocycles. The van der Waals surface area contributed by atoms with Crippen LogP contribution in [-0.2, 0) is 6.42 Å². The van der Waals surface area contributed by atoms with Crippen molar-refractivity contribution in [2.75, 3.05) is 37.7 Å². The van der Waals surface area contributed by atoms with Gasteiger partial charge < -0.3 is 15.0 Å². The Morgan fingerprint density at radius 1 is 1.09 bits per heavy atom. The van der Waals surface area contributed by atoms with Gasteiger partial charge in [-0.2, -0.15) is 9.97 Å². The van der Waals surface area contributed by atoms with Gasteiger partial charge in [0.2, 0.25) is 0 Å². The molecule has 0 radical (unpaired) electrons. The first kappa shape index (κ1) is 28.1. The van der Waals surface area contributed by atoms with E-state index in [9.17, 15) is 4.39 Å². The lowest BCUT2D eigenvalue weighted by Gasteiger charge is -2.40. The fraction of sp³-hybridized carbons (Fsp3) is 0.486. The van der Waals surface area contributed by atoms with Crippen molar-refractivity contribution in [3.63, 3.8) is 0 Å². The average Bonchev–Trinajstić information content (AvgIpc) is 3.63. The van der Waals surface area contributed by atoms with Crippen LogP contribution in [-0.4, -0.2) is 70.9 Å². The summed E-state index contributed by atoms with van der Waals surface area (Å²) in [6, 6.07) is 13.3. The van der Waals surface area contributed by atoms with E-state index in [1.807, 2.05) is 37.3 Å². The van der Waals surface area contributed by atoms with Gasteiger partial charge in [-0.15, -0.1) is 0 Å². The Kier molecular flexibility index (Phi) is 6.58. The molecule has 4 atom stereocenters. The van der Waals surface area contributed by atoms with Crippen LogP contribution in [0.3, 0.4) is 0 Å². The van der Waals surface area contributed by atoms with Crippen LogP contribution in [0.4, 0.5) is 19.0 Å². The topological polar surface area (TPSA) is 53.5 Å². The lowest BCUT2D eigenvalue weighted by atomic mass is 9.92. The van der Waals surface area contributed by atoms with E-state index in [0.717, 1.165) is 55.0 Å². The van der Waals surface area contributed by atoms with E-state index in [4.69, 9.17) is 9.72 Å². The van der Waals surface area contributed by atoms with Gasteiger partial charge >= 0.3 is 6.01 Å². The van der Waals surface area contributed by atoms with Crippen molar-refractivity contribution >= 4 is 27.5 Å².